The molecular formula is C25H29BrF2N6O3. The van der Waals surface area contributed by atoms with Crippen molar-refractivity contribution < 1.29 is 23.1 Å². The second-order valence-electron chi connectivity index (χ2n) is 9.09. The smallest absolute Gasteiger partial charge is 0.260 e. The zero-order valence-electron chi connectivity index (χ0n) is 20.3. The molecule has 0 unspecified atom stereocenters. The molecule has 4 rings (SSSR count). The first-order chi connectivity index (χ1) is 17.7. The minimum absolute atomic E-state index is 0.00895. The highest BCUT2D eigenvalue weighted by atomic mass is 79.9. The first kappa shape index (κ1) is 26.9. The van der Waals surface area contributed by atoms with E-state index in [0.29, 0.717) is 55.5 Å². The molecule has 2 fully saturated rings. The van der Waals surface area contributed by atoms with Crippen molar-refractivity contribution in [2.45, 2.75) is 31.2 Å². The summed E-state index contributed by atoms with van der Waals surface area (Å²) in [6.45, 7) is 5.20. The number of nitrogens with one attached hydrogen (secondary N) is 2. The van der Waals surface area contributed by atoms with Gasteiger partial charge in [0.15, 0.2) is 0 Å². The van der Waals surface area contributed by atoms with Crippen LogP contribution in [0.5, 0.6) is 5.75 Å². The maximum absolute atomic E-state index is 13.7. The van der Waals surface area contributed by atoms with Crippen LogP contribution in [-0.4, -0.2) is 82.9 Å². The fourth-order valence-corrected chi connectivity index (χ4v) is 4.60. The molecule has 37 heavy (non-hydrogen) atoms. The molecule has 2 aliphatic rings. The van der Waals surface area contributed by atoms with E-state index >= 15 is 0 Å². The van der Waals surface area contributed by atoms with E-state index in [0.717, 1.165) is 17.0 Å². The summed E-state index contributed by atoms with van der Waals surface area (Å²) in [7, 11) is 0. The maximum Gasteiger partial charge on any atom is 0.260 e. The van der Waals surface area contributed by atoms with Gasteiger partial charge in [-0.05, 0) is 59.6 Å². The van der Waals surface area contributed by atoms with Crippen molar-refractivity contribution in [1.29, 1.82) is 0 Å². The highest BCUT2D eigenvalue weighted by Crippen LogP contribution is 2.29. The van der Waals surface area contributed by atoms with Gasteiger partial charge in [0, 0.05) is 50.1 Å². The standard InChI is InChI=1S/C25H29BrF2N6O3/c1-2-22(35)32-20-5-4-17(12-21(20)37-11-10-33-8-3-7-25(27,28)16-33)23(36)34-9-6-19(15-34)31-24-29-13-18(26)14-30-24/h2,4-5,12-14,19H,1,3,6-11,15-16H2,(H,32,35)(H,29,30,31)/t19-/m1/s1. The zero-order valence-corrected chi connectivity index (χ0v) is 21.8. The highest BCUT2D eigenvalue weighted by Gasteiger charge is 2.35. The summed E-state index contributed by atoms with van der Waals surface area (Å²) in [6.07, 6.45) is 5.50. The summed E-state index contributed by atoms with van der Waals surface area (Å²) >= 11 is 3.30. The van der Waals surface area contributed by atoms with E-state index in [1.54, 1.807) is 40.4 Å². The molecule has 198 valence electrons. The Morgan fingerprint density at radius 3 is 2.78 bits per heavy atom. The summed E-state index contributed by atoms with van der Waals surface area (Å²) in [4.78, 5) is 36.9. The summed E-state index contributed by atoms with van der Waals surface area (Å²) in [5, 5.41) is 5.91. The number of hydrogen-bond acceptors (Lipinski definition) is 7. The van der Waals surface area contributed by atoms with E-state index in [9.17, 15) is 18.4 Å². The third kappa shape index (κ3) is 7.45. The van der Waals surface area contributed by atoms with Crippen molar-refractivity contribution >= 4 is 39.4 Å². The predicted octanol–water partition coefficient (Wildman–Crippen LogP) is 3.80. The van der Waals surface area contributed by atoms with Crippen LogP contribution < -0.4 is 15.4 Å². The average molecular weight is 579 g/mol. The molecule has 2 saturated heterocycles. The van der Waals surface area contributed by atoms with Crippen LogP contribution in [0.4, 0.5) is 20.4 Å². The van der Waals surface area contributed by atoms with Gasteiger partial charge in [-0.1, -0.05) is 6.58 Å². The number of carbonyl (C=O) groups is 2. The second kappa shape index (κ2) is 12.0. The second-order valence-corrected chi connectivity index (χ2v) is 10.0. The summed E-state index contributed by atoms with van der Waals surface area (Å²) in [5.41, 5.74) is 0.774. The van der Waals surface area contributed by atoms with Crippen LogP contribution in [0.2, 0.25) is 0 Å². The molecule has 1 atom stereocenters. The topological polar surface area (TPSA) is 99.7 Å². The van der Waals surface area contributed by atoms with E-state index < -0.39 is 11.8 Å². The van der Waals surface area contributed by atoms with Crippen LogP contribution in [-0.2, 0) is 4.79 Å². The molecule has 1 aromatic carbocycles. The number of nitrogens with zero attached hydrogens (tertiary/aromatic N) is 4. The van der Waals surface area contributed by atoms with Gasteiger partial charge in [0.2, 0.25) is 11.9 Å². The van der Waals surface area contributed by atoms with Gasteiger partial charge in [-0.2, -0.15) is 0 Å². The van der Waals surface area contributed by atoms with Crippen molar-refractivity contribution in [3.63, 3.8) is 0 Å². The van der Waals surface area contributed by atoms with Crippen molar-refractivity contribution in [3.8, 4) is 5.75 Å². The van der Waals surface area contributed by atoms with Gasteiger partial charge < -0.3 is 20.3 Å². The Labute approximate surface area is 222 Å². The van der Waals surface area contributed by atoms with Crippen LogP contribution in [0, 0.1) is 0 Å². The molecule has 9 nitrogen and oxygen atoms in total. The third-order valence-electron chi connectivity index (χ3n) is 6.24. The van der Waals surface area contributed by atoms with Gasteiger partial charge in [0.25, 0.3) is 11.8 Å². The number of benzene rings is 1. The Morgan fingerprint density at radius 2 is 2.05 bits per heavy atom. The van der Waals surface area contributed by atoms with Crippen LogP contribution in [0.1, 0.15) is 29.6 Å². The molecular weight excluding hydrogens is 550 g/mol. The quantitative estimate of drug-likeness (QED) is 0.436. The van der Waals surface area contributed by atoms with Crippen molar-refractivity contribution in [1.82, 2.24) is 19.8 Å². The lowest BCUT2D eigenvalue weighted by Gasteiger charge is -2.32. The van der Waals surface area contributed by atoms with Crippen molar-refractivity contribution in [3.05, 3.63) is 53.3 Å². The Kier molecular flexibility index (Phi) is 8.70. The Morgan fingerprint density at radius 1 is 1.27 bits per heavy atom. The number of likely N-dealkylation sites (tertiary alicyclic amines) is 2. The molecule has 0 radical (unpaired) electrons. The lowest BCUT2D eigenvalue weighted by atomic mass is 10.1. The van der Waals surface area contributed by atoms with Gasteiger partial charge in [0.1, 0.15) is 12.4 Å². The van der Waals surface area contributed by atoms with Gasteiger partial charge >= 0.3 is 0 Å². The number of carbonyl (C=O) groups excluding carboxylic acids is 2. The fraction of sp³-hybridized carbons (Fsp3) is 0.440. The maximum atomic E-state index is 13.7. The van der Waals surface area contributed by atoms with Gasteiger partial charge in [-0.15, -0.1) is 0 Å². The number of alkyl halides is 2. The van der Waals surface area contributed by atoms with E-state index in [2.05, 4.69) is 43.1 Å². The minimum atomic E-state index is -2.69. The summed E-state index contributed by atoms with van der Waals surface area (Å²) in [5.74, 6) is -2.51. The molecule has 2 aliphatic heterocycles. The minimum Gasteiger partial charge on any atom is -0.490 e. The number of rotatable bonds is 9. The fourth-order valence-electron chi connectivity index (χ4n) is 4.40. The molecule has 1 aromatic heterocycles. The van der Waals surface area contributed by atoms with E-state index in [1.807, 2.05) is 0 Å². The molecule has 0 saturated carbocycles. The number of aromatic nitrogens is 2. The number of amides is 2. The molecule has 0 aliphatic carbocycles. The van der Waals surface area contributed by atoms with Gasteiger partial charge in [-0.3, -0.25) is 14.5 Å². The first-order valence-corrected chi connectivity index (χ1v) is 12.9. The van der Waals surface area contributed by atoms with E-state index in [4.69, 9.17) is 4.74 Å². The molecule has 2 aromatic rings. The van der Waals surface area contributed by atoms with Crippen molar-refractivity contribution in [2.24, 2.45) is 0 Å². The van der Waals surface area contributed by atoms with Gasteiger partial charge in [0.05, 0.1) is 16.7 Å². The Bertz CT molecular complexity index is 1130. The van der Waals surface area contributed by atoms with Gasteiger partial charge in [-0.25, -0.2) is 18.7 Å². The number of halogens is 3. The molecule has 0 bridgehead atoms. The lowest BCUT2D eigenvalue weighted by molar-refractivity contribution is -0.111. The first-order valence-electron chi connectivity index (χ1n) is 12.1. The number of ether oxygens (including phenoxy) is 1. The molecule has 12 heteroatoms. The van der Waals surface area contributed by atoms with Crippen LogP contribution >= 0.6 is 15.9 Å². The molecule has 2 amide bonds. The average Bonchev–Trinajstić information content (AvgIpc) is 3.33. The van der Waals surface area contributed by atoms with Crippen LogP contribution in [0.15, 0.2) is 47.7 Å². The lowest BCUT2D eigenvalue weighted by Crippen LogP contribution is -2.44. The third-order valence-corrected chi connectivity index (χ3v) is 6.65. The normalized spacial score (nSPS) is 19.3. The largest absolute Gasteiger partial charge is 0.490 e. The predicted molar refractivity (Wildman–Crippen MR) is 139 cm³/mol. The van der Waals surface area contributed by atoms with E-state index in [-0.39, 0.29) is 31.5 Å². The molecule has 0 spiro atoms. The summed E-state index contributed by atoms with van der Waals surface area (Å²) < 4.78 is 34.1. The molecule has 3 heterocycles. The van der Waals surface area contributed by atoms with E-state index in [1.165, 1.54) is 0 Å². The van der Waals surface area contributed by atoms with Crippen molar-refractivity contribution in [2.75, 3.05) is 50.0 Å². The van der Waals surface area contributed by atoms with Crippen LogP contribution in [0.3, 0.4) is 0 Å². The number of anilines is 2. The highest BCUT2D eigenvalue weighted by molar-refractivity contribution is 9.10. The summed E-state index contributed by atoms with van der Waals surface area (Å²) in [6, 6.07) is 4.80. The monoisotopic (exact) mass is 578 g/mol. The number of piperidine rings is 1. The molecule has 2 N–H and O–H groups in total. The Hall–Kier alpha value is -3.12. The Balaban J connectivity index is 1.40. The van der Waals surface area contributed by atoms with Crippen LogP contribution in [0.25, 0.3) is 0 Å². The number of hydrogen-bond donors (Lipinski definition) is 2. The zero-order chi connectivity index (χ0) is 26.4. The SMILES string of the molecule is C=CC(=O)Nc1ccc(C(=O)N2CC[C@@H](Nc3ncc(Br)cn3)C2)cc1OCCN1CCCC(F)(F)C1.